The normalized spacial score (nSPS) is 0. The van der Waals surface area contributed by atoms with E-state index in [1.807, 2.05) is 0 Å². The summed E-state index contributed by atoms with van der Waals surface area (Å²) in [6.07, 6.45) is 0. The molecular weight excluding hydrogens is 792 g/mol. The molecule has 0 aromatic heterocycles. The predicted octanol–water partition coefficient (Wildman–Crippen LogP) is -1.15. The fourth-order valence-electron chi connectivity index (χ4n) is 0. The summed E-state index contributed by atoms with van der Waals surface area (Å²) in [6.45, 7) is 0. The van der Waals surface area contributed by atoms with Crippen LogP contribution < -0.4 is 0 Å². The van der Waals surface area contributed by atoms with Gasteiger partial charge < -0.3 is 54.0 Å². The first-order chi connectivity index (χ1) is 0. The number of rotatable bonds is 0. The van der Waals surface area contributed by atoms with Gasteiger partial charge in [-0.3, -0.25) is 0 Å². The first-order valence-electron chi connectivity index (χ1n) is 0. The zero-order valence-electron chi connectivity index (χ0n) is 3.81. The second kappa shape index (κ2) is 60.2. The summed E-state index contributed by atoms with van der Waals surface area (Å²) in [5.41, 5.74) is 0. The van der Waals surface area contributed by atoms with E-state index in [0.717, 1.165) is 0 Å². The van der Waals surface area contributed by atoms with Crippen LogP contribution in [0.3, 0.4) is 0 Å². The molecule has 8 heavy (non-hydrogen) atoms. The summed E-state index contributed by atoms with van der Waals surface area (Å²) in [4.78, 5) is 0. The molecule has 0 N–H and O–H groups in total. The molecule has 0 unspecified atom stereocenters. The number of hydrogen-bond acceptors (Lipinski definition) is 0. The molecule has 0 fully saturated rings. The van der Waals surface area contributed by atoms with Crippen LogP contribution in [0.15, 0.2) is 0 Å². The van der Waals surface area contributed by atoms with Gasteiger partial charge in [0.2, 0.25) is 0 Å². The first-order valence-corrected chi connectivity index (χ1v) is 0. The quantitative estimate of drug-likeness (QED) is 0.273. The molecule has 0 atom stereocenters. The van der Waals surface area contributed by atoms with Crippen molar-refractivity contribution in [3.8, 4) is 0 Å². The molecule has 8 heteroatoms. The Balaban J connectivity index is 0. The summed E-state index contributed by atoms with van der Waals surface area (Å²) >= 11 is 0. The van der Waals surface area contributed by atoms with Gasteiger partial charge in [-0.25, -0.2) is 0 Å². The largest absolute Gasteiger partial charge is 2.00 e. The van der Waals surface area contributed by atoms with Crippen molar-refractivity contribution in [2.24, 2.45) is 0 Å². The van der Waals surface area contributed by atoms with Crippen molar-refractivity contribution in [3.05, 3.63) is 0 Å². The summed E-state index contributed by atoms with van der Waals surface area (Å²) in [5.74, 6) is 0. The van der Waals surface area contributed by atoms with Crippen LogP contribution in [0.1, 0.15) is 0 Å². The van der Waals surface area contributed by atoms with Crippen molar-refractivity contribution in [2.75, 3.05) is 0 Å². The van der Waals surface area contributed by atoms with Gasteiger partial charge in [-0.05, 0) is 0 Å². The summed E-state index contributed by atoms with van der Waals surface area (Å²) in [5, 5.41) is 0. The Morgan fingerprint density at radius 2 is 0.375 bits per heavy atom. The fraction of sp³-hybridized carbons (Fsp3) is 0. The minimum atomic E-state index is 0. The molecular formula is S4Tl3V-6. The van der Waals surface area contributed by atoms with Gasteiger partial charge in [0, 0.05) is 81.9 Å². The van der Waals surface area contributed by atoms with Crippen LogP contribution in [-0.4, -0.2) is 81.9 Å². The van der Waals surface area contributed by atoms with E-state index in [4.69, 9.17) is 0 Å². The molecule has 0 aromatic rings. The van der Waals surface area contributed by atoms with Crippen LogP contribution in [-0.2, 0) is 72.5 Å². The van der Waals surface area contributed by atoms with Crippen molar-refractivity contribution in [3.63, 3.8) is 0 Å². The minimum absolute atomic E-state index is 0. The average Bonchev–Trinajstić information content (AvgIpc) is 0. The molecule has 0 heterocycles. The standard InChI is InChI=1S/4S.3Tl.V/q4*-2;;;;+2. The van der Waals surface area contributed by atoms with Gasteiger partial charge >= 0.3 is 18.6 Å². The summed E-state index contributed by atoms with van der Waals surface area (Å²) in [6, 6.07) is 0. The van der Waals surface area contributed by atoms with Crippen LogP contribution in [0.25, 0.3) is 0 Å². The Morgan fingerprint density at radius 3 is 0.375 bits per heavy atom. The van der Waals surface area contributed by atoms with Crippen molar-refractivity contribution >= 4 is 136 Å². The van der Waals surface area contributed by atoms with E-state index in [0.29, 0.717) is 0 Å². The molecule has 0 amide bonds. The fourth-order valence-corrected chi connectivity index (χ4v) is 0. The van der Waals surface area contributed by atoms with Gasteiger partial charge in [-0.15, -0.1) is 0 Å². The predicted molar refractivity (Wildman–Crippen MR) is 46.7 cm³/mol. The minimum Gasteiger partial charge on any atom is -2.00 e. The molecule has 0 saturated heterocycles. The Labute approximate surface area is 151 Å². The summed E-state index contributed by atoms with van der Waals surface area (Å²) in [7, 11) is 0. The number of hydrogen-bond donors (Lipinski definition) is 0. The van der Waals surface area contributed by atoms with Gasteiger partial charge in [-0.2, -0.15) is 0 Å². The van der Waals surface area contributed by atoms with Gasteiger partial charge in [0.1, 0.15) is 0 Å². The maximum Gasteiger partial charge on any atom is 2.00 e. The zero-order chi connectivity index (χ0) is 0. The van der Waals surface area contributed by atoms with E-state index in [9.17, 15) is 0 Å². The SMILES string of the molecule is [S-2].[S-2].[S-2].[S-2].[Tl].[Tl].[Tl].[V+2]. The van der Waals surface area contributed by atoms with E-state index in [1.54, 1.807) is 0 Å². The Bertz CT molecular complexity index is 11.2. The molecule has 0 spiro atoms. The van der Waals surface area contributed by atoms with Crippen molar-refractivity contribution in [1.29, 1.82) is 0 Å². The van der Waals surface area contributed by atoms with E-state index in [1.165, 1.54) is 0 Å². The maximum absolute atomic E-state index is 0. The molecule has 0 aliphatic rings. The van der Waals surface area contributed by atoms with Crippen LogP contribution in [0, 0.1) is 0 Å². The molecule has 44 valence electrons. The maximum atomic E-state index is 0. The molecule has 0 rings (SSSR count). The van der Waals surface area contributed by atoms with Crippen molar-refractivity contribution < 1.29 is 18.6 Å². The smallest absolute Gasteiger partial charge is 2.00 e. The molecule has 0 aliphatic carbocycles. The van der Waals surface area contributed by atoms with Gasteiger partial charge in [0.15, 0.2) is 0 Å². The Morgan fingerprint density at radius 1 is 0.375 bits per heavy atom. The first kappa shape index (κ1) is 78.0. The summed E-state index contributed by atoms with van der Waals surface area (Å²) < 4.78 is 0. The van der Waals surface area contributed by atoms with Crippen molar-refractivity contribution in [2.45, 2.75) is 0 Å². The van der Waals surface area contributed by atoms with Gasteiger partial charge in [0.25, 0.3) is 0 Å². The third-order valence-corrected chi connectivity index (χ3v) is 0. The van der Waals surface area contributed by atoms with Crippen LogP contribution in [0.2, 0.25) is 0 Å². The molecule has 4 radical (unpaired) electrons. The second-order valence-corrected chi connectivity index (χ2v) is 0. The van der Waals surface area contributed by atoms with Gasteiger partial charge in [0.05, 0.1) is 0 Å². The molecule has 0 bridgehead atoms. The average molecular weight is 792 g/mol. The third kappa shape index (κ3) is 45.3. The monoisotopic (exact) mass is 794 g/mol. The Hall–Kier alpha value is 4.75. The molecule has 0 nitrogen and oxygen atoms in total. The van der Waals surface area contributed by atoms with E-state index in [2.05, 4.69) is 0 Å². The van der Waals surface area contributed by atoms with E-state index in [-0.39, 0.29) is 154 Å². The van der Waals surface area contributed by atoms with Crippen LogP contribution >= 0.6 is 0 Å². The Kier molecular flexibility index (Phi) is 587. The van der Waals surface area contributed by atoms with E-state index >= 15 is 0 Å². The topological polar surface area (TPSA) is 0 Å². The van der Waals surface area contributed by atoms with Crippen LogP contribution in [0.5, 0.6) is 0 Å². The molecule has 0 aromatic carbocycles. The molecule has 0 saturated carbocycles. The van der Waals surface area contributed by atoms with Crippen molar-refractivity contribution in [1.82, 2.24) is 0 Å². The third-order valence-electron chi connectivity index (χ3n) is 0. The van der Waals surface area contributed by atoms with E-state index < -0.39 is 0 Å². The second-order valence-electron chi connectivity index (χ2n) is 0. The van der Waals surface area contributed by atoms with Gasteiger partial charge in [-0.1, -0.05) is 0 Å². The van der Waals surface area contributed by atoms with Crippen LogP contribution in [0.4, 0.5) is 0 Å². The molecule has 0 aliphatic heterocycles. The zero-order valence-corrected chi connectivity index (χ0v) is 21.9.